The number of carbonyl (C=O) groups excluding carboxylic acids is 1. The molecule has 1 unspecified atom stereocenters. The van der Waals surface area contributed by atoms with Crippen molar-refractivity contribution in [3.63, 3.8) is 0 Å². The van der Waals surface area contributed by atoms with Crippen molar-refractivity contribution in [1.29, 1.82) is 0 Å². The van der Waals surface area contributed by atoms with Crippen LogP contribution in [0, 0.1) is 0 Å². The van der Waals surface area contributed by atoms with Crippen LogP contribution < -0.4 is 5.32 Å². The largest absolute Gasteiger partial charge is 0.353 e. The zero-order valence-electron chi connectivity index (χ0n) is 7.60. The molecule has 0 aliphatic rings. The standard InChI is InChI=1S/C8H16ClNOS/c1-3-12-6-7(2)10-8(11)4-5-9/h7H,3-6H2,1-2H3,(H,10,11). The van der Waals surface area contributed by atoms with Gasteiger partial charge in [0.05, 0.1) is 0 Å². The molecule has 0 aliphatic heterocycles. The fourth-order valence-corrected chi connectivity index (χ4v) is 1.61. The molecule has 2 nitrogen and oxygen atoms in total. The normalized spacial score (nSPS) is 12.6. The highest BCUT2D eigenvalue weighted by Gasteiger charge is 2.05. The number of amides is 1. The summed E-state index contributed by atoms with van der Waals surface area (Å²) in [5, 5.41) is 2.87. The average molecular weight is 210 g/mol. The number of hydrogen-bond donors (Lipinski definition) is 1. The molecule has 0 radical (unpaired) electrons. The molecule has 0 heterocycles. The van der Waals surface area contributed by atoms with Crippen LogP contribution in [0.2, 0.25) is 0 Å². The summed E-state index contributed by atoms with van der Waals surface area (Å²) < 4.78 is 0. The lowest BCUT2D eigenvalue weighted by Crippen LogP contribution is -2.34. The maximum absolute atomic E-state index is 11.0. The van der Waals surface area contributed by atoms with Crippen LogP contribution in [0.5, 0.6) is 0 Å². The molecule has 1 atom stereocenters. The van der Waals surface area contributed by atoms with Gasteiger partial charge in [-0.15, -0.1) is 11.6 Å². The van der Waals surface area contributed by atoms with E-state index in [0.29, 0.717) is 12.3 Å². The molecule has 12 heavy (non-hydrogen) atoms. The Bertz CT molecular complexity index is 132. The lowest BCUT2D eigenvalue weighted by molar-refractivity contribution is -0.121. The summed E-state index contributed by atoms with van der Waals surface area (Å²) in [5.74, 6) is 2.52. The van der Waals surface area contributed by atoms with E-state index in [4.69, 9.17) is 11.6 Å². The van der Waals surface area contributed by atoms with Gasteiger partial charge in [0.25, 0.3) is 0 Å². The van der Waals surface area contributed by atoms with Crippen molar-refractivity contribution < 1.29 is 4.79 Å². The zero-order chi connectivity index (χ0) is 9.40. The number of rotatable bonds is 6. The Kier molecular flexibility index (Phi) is 7.81. The van der Waals surface area contributed by atoms with Gasteiger partial charge in [-0.3, -0.25) is 4.79 Å². The second-order valence-electron chi connectivity index (χ2n) is 2.57. The zero-order valence-corrected chi connectivity index (χ0v) is 9.17. The molecular weight excluding hydrogens is 194 g/mol. The van der Waals surface area contributed by atoms with Gasteiger partial charge in [-0.25, -0.2) is 0 Å². The van der Waals surface area contributed by atoms with Crippen molar-refractivity contribution in [3.05, 3.63) is 0 Å². The first-order chi connectivity index (χ1) is 5.70. The fraction of sp³-hybridized carbons (Fsp3) is 0.875. The summed E-state index contributed by atoms with van der Waals surface area (Å²) in [6.07, 6.45) is 0.419. The maximum atomic E-state index is 11.0. The predicted octanol–water partition coefficient (Wildman–Crippen LogP) is 1.87. The molecule has 0 spiro atoms. The number of thioether (sulfide) groups is 1. The van der Waals surface area contributed by atoms with Crippen LogP contribution in [-0.2, 0) is 4.79 Å². The Labute approximate surface area is 83.4 Å². The van der Waals surface area contributed by atoms with Crippen LogP contribution in [0.4, 0.5) is 0 Å². The molecule has 1 amide bonds. The Morgan fingerprint density at radius 2 is 2.33 bits per heavy atom. The Morgan fingerprint density at radius 1 is 1.67 bits per heavy atom. The van der Waals surface area contributed by atoms with E-state index in [-0.39, 0.29) is 11.9 Å². The average Bonchev–Trinajstić information content (AvgIpc) is 2.01. The smallest absolute Gasteiger partial charge is 0.221 e. The minimum Gasteiger partial charge on any atom is -0.353 e. The van der Waals surface area contributed by atoms with Gasteiger partial charge < -0.3 is 5.32 Å². The van der Waals surface area contributed by atoms with Crippen LogP contribution in [-0.4, -0.2) is 29.3 Å². The van der Waals surface area contributed by atoms with Crippen LogP contribution in [0.1, 0.15) is 20.3 Å². The number of hydrogen-bond acceptors (Lipinski definition) is 2. The predicted molar refractivity (Wildman–Crippen MR) is 55.9 cm³/mol. The first-order valence-electron chi connectivity index (χ1n) is 4.13. The van der Waals surface area contributed by atoms with Gasteiger partial charge in [0, 0.05) is 24.1 Å². The molecule has 0 aromatic rings. The second-order valence-corrected chi connectivity index (χ2v) is 4.26. The van der Waals surface area contributed by atoms with E-state index >= 15 is 0 Å². The minimum absolute atomic E-state index is 0.0502. The molecular formula is C8H16ClNOS. The third kappa shape index (κ3) is 6.80. The summed E-state index contributed by atoms with van der Waals surface area (Å²) in [6.45, 7) is 4.12. The van der Waals surface area contributed by atoms with E-state index in [1.807, 2.05) is 18.7 Å². The van der Waals surface area contributed by atoms with E-state index in [9.17, 15) is 4.79 Å². The van der Waals surface area contributed by atoms with Crippen molar-refractivity contribution in [2.45, 2.75) is 26.3 Å². The highest BCUT2D eigenvalue weighted by Crippen LogP contribution is 2.01. The van der Waals surface area contributed by atoms with Crippen LogP contribution in [0.3, 0.4) is 0 Å². The van der Waals surface area contributed by atoms with Gasteiger partial charge in [-0.1, -0.05) is 6.92 Å². The maximum Gasteiger partial charge on any atom is 0.221 e. The Hall–Kier alpha value is 0.110. The number of carbonyl (C=O) groups is 1. The van der Waals surface area contributed by atoms with Crippen molar-refractivity contribution in [3.8, 4) is 0 Å². The first-order valence-corrected chi connectivity index (χ1v) is 5.82. The molecule has 0 fully saturated rings. The molecule has 72 valence electrons. The molecule has 0 saturated heterocycles. The number of nitrogens with one attached hydrogen (secondary N) is 1. The van der Waals surface area contributed by atoms with E-state index in [0.717, 1.165) is 11.5 Å². The van der Waals surface area contributed by atoms with Gasteiger partial charge in [0.1, 0.15) is 0 Å². The summed E-state index contributed by atoms with van der Waals surface area (Å²) in [7, 11) is 0. The van der Waals surface area contributed by atoms with Gasteiger partial charge in [0.2, 0.25) is 5.91 Å². The molecule has 0 aromatic carbocycles. The molecule has 0 aromatic heterocycles. The fourth-order valence-electron chi connectivity index (χ4n) is 0.769. The third-order valence-corrected chi connectivity index (χ3v) is 2.63. The van der Waals surface area contributed by atoms with E-state index in [1.54, 1.807) is 0 Å². The van der Waals surface area contributed by atoms with Gasteiger partial charge in [-0.2, -0.15) is 11.8 Å². The van der Waals surface area contributed by atoms with E-state index in [2.05, 4.69) is 12.2 Å². The molecule has 4 heteroatoms. The first kappa shape index (κ1) is 12.1. The molecule has 0 bridgehead atoms. The SMILES string of the molecule is CCSCC(C)NC(=O)CCCl. The number of halogens is 1. The van der Waals surface area contributed by atoms with Crippen molar-refractivity contribution >= 4 is 29.3 Å². The van der Waals surface area contributed by atoms with E-state index < -0.39 is 0 Å². The molecule has 0 aliphatic carbocycles. The highest BCUT2D eigenvalue weighted by molar-refractivity contribution is 7.99. The minimum atomic E-state index is 0.0502. The summed E-state index contributed by atoms with van der Waals surface area (Å²) in [4.78, 5) is 11.0. The Balaban J connectivity index is 3.40. The summed E-state index contributed by atoms with van der Waals surface area (Å²) >= 11 is 7.25. The van der Waals surface area contributed by atoms with Crippen molar-refractivity contribution in [2.75, 3.05) is 17.4 Å². The van der Waals surface area contributed by atoms with Crippen molar-refractivity contribution in [1.82, 2.24) is 5.32 Å². The summed E-state index contributed by atoms with van der Waals surface area (Å²) in [6, 6.07) is 0.255. The van der Waals surface area contributed by atoms with Gasteiger partial charge in [0.15, 0.2) is 0 Å². The Morgan fingerprint density at radius 3 is 2.83 bits per heavy atom. The van der Waals surface area contributed by atoms with Gasteiger partial charge >= 0.3 is 0 Å². The second kappa shape index (κ2) is 7.74. The van der Waals surface area contributed by atoms with Crippen molar-refractivity contribution in [2.24, 2.45) is 0 Å². The van der Waals surface area contributed by atoms with Crippen LogP contribution in [0.15, 0.2) is 0 Å². The number of alkyl halides is 1. The third-order valence-electron chi connectivity index (χ3n) is 1.30. The molecule has 0 saturated carbocycles. The highest BCUT2D eigenvalue weighted by atomic mass is 35.5. The monoisotopic (exact) mass is 209 g/mol. The topological polar surface area (TPSA) is 29.1 Å². The van der Waals surface area contributed by atoms with Crippen LogP contribution >= 0.6 is 23.4 Å². The molecule has 1 N–H and O–H groups in total. The summed E-state index contributed by atoms with van der Waals surface area (Å²) in [5.41, 5.74) is 0. The lowest BCUT2D eigenvalue weighted by atomic mass is 10.3. The lowest BCUT2D eigenvalue weighted by Gasteiger charge is -2.11. The molecule has 0 rings (SSSR count). The van der Waals surface area contributed by atoms with E-state index in [1.165, 1.54) is 0 Å². The van der Waals surface area contributed by atoms with Crippen LogP contribution in [0.25, 0.3) is 0 Å². The van der Waals surface area contributed by atoms with Gasteiger partial charge in [-0.05, 0) is 12.7 Å². The quantitative estimate of drug-likeness (QED) is 0.677.